The number of phenolic OH excluding ortho intramolecular Hbond substituents is 1. The molecule has 2 saturated heterocycles. The molecule has 0 saturated carbocycles. The third-order valence-electron chi connectivity index (χ3n) is 3.58. The Hall–Kier alpha value is -1.24. The number of hydrogen-bond acceptors (Lipinski definition) is 5. The van der Waals surface area contributed by atoms with Crippen molar-refractivity contribution in [2.24, 2.45) is 0 Å². The molecule has 108 valence electrons. The first kappa shape index (κ1) is 13.7. The monoisotopic (exact) mass is 277 g/mol. The number of nitrogens with zero attached hydrogens (tertiary/aromatic N) is 1. The highest BCUT2D eigenvalue weighted by atomic mass is 16.7. The van der Waals surface area contributed by atoms with E-state index >= 15 is 0 Å². The highest BCUT2D eigenvalue weighted by Crippen LogP contribution is 2.24. The lowest BCUT2D eigenvalue weighted by Crippen LogP contribution is -2.38. The zero-order chi connectivity index (χ0) is 14.2. The Bertz CT molecular complexity index is 488. The molecule has 6 heteroatoms. The second-order valence-electron chi connectivity index (χ2n) is 5.90. The predicted octanol–water partition coefficient (Wildman–Crippen LogP) is 0.749. The van der Waals surface area contributed by atoms with Crippen molar-refractivity contribution in [3.63, 3.8) is 0 Å². The lowest BCUT2D eigenvalue weighted by Gasteiger charge is -2.29. The number of ether oxygens (including phenoxy) is 1. The van der Waals surface area contributed by atoms with Crippen LogP contribution in [0.5, 0.6) is 5.75 Å². The molecule has 2 aliphatic rings. The van der Waals surface area contributed by atoms with Crippen LogP contribution in [0.2, 0.25) is 0 Å². The SMILES string of the molecule is CC1(C)COB(c2cc(O)cc(N3CCOCC3)c2)O1. The minimum absolute atomic E-state index is 0.237. The first-order valence-electron chi connectivity index (χ1n) is 7.00. The standard InChI is InChI=1S/C14H20BNO4/c1-14(2)10-19-15(20-14)11-7-12(9-13(17)8-11)16-3-5-18-6-4-16/h7-9,17H,3-6,10H2,1-2H3. The largest absolute Gasteiger partial charge is 0.508 e. The van der Waals surface area contributed by atoms with E-state index in [4.69, 9.17) is 14.0 Å². The van der Waals surface area contributed by atoms with E-state index in [0.717, 1.165) is 24.2 Å². The van der Waals surface area contributed by atoms with Gasteiger partial charge in [0.2, 0.25) is 0 Å². The second kappa shape index (κ2) is 5.28. The van der Waals surface area contributed by atoms with Gasteiger partial charge in [0.05, 0.1) is 25.4 Å². The Labute approximate surface area is 119 Å². The van der Waals surface area contributed by atoms with Gasteiger partial charge in [-0.2, -0.15) is 0 Å². The summed E-state index contributed by atoms with van der Waals surface area (Å²) >= 11 is 0. The first-order chi connectivity index (χ1) is 9.53. The van der Waals surface area contributed by atoms with Gasteiger partial charge in [-0.15, -0.1) is 0 Å². The van der Waals surface area contributed by atoms with E-state index in [1.54, 1.807) is 12.1 Å². The van der Waals surface area contributed by atoms with Crippen LogP contribution < -0.4 is 10.4 Å². The molecule has 0 atom stereocenters. The quantitative estimate of drug-likeness (QED) is 0.808. The molecule has 2 fully saturated rings. The molecule has 2 heterocycles. The van der Waals surface area contributed by atoms with Gasteiger partial charge in [-0.25, -0.2) is 0 Å². The lowest BCUT2D eigenvalue weighted by atomic mass is 9.78. The van der Waals surface area contributed by atoms with Crippen molar-refractivity contribution in [2.75, 3.05) is 37.8 Å². The van der Waals surface area contributed by atoms with Crippen LogP contribution in [0.1, 0.15) is 13.8 Å². The summed E-state index contributed by atoms with van der Waals surface area (Å²) in [6.07, 6.45) is 0. The molecule has 1 N–H and O–H groups in total. The topological polar surface area (TPSA) is 51.2 Å². The summed E-state index contributed by atoms with van der Waals surface area (Å²) in [5.74, 6) is 0.237. The third-order valence-corrected chi connectivity index (χ3v) is 3.58. The summed E-state index contributed by atoms with van der Waals surface area (Å²) in [5.41, 5.74) is 1.56. The van der Waals surface area contributed by atoms with Crippen LogP contribution >= 0.6 is 0 Å². The zero-order valence-corrected chi connectivity index (χ0v) is 12.0. The van der Waals surface area contributed by atoms with Crippen molar-refractivity contribution in [1.82, 2.24) is 0 Å². The van der Waals surface area contributed by atoms with Crippen LogP contribution in [0.25, 0.3) is 0 Å². The fourth-order valence-electron chi connectivity index (χ4n) is 2.56. The highest BCUT2D eigenvalue weighted by Gasteiger charge is 2.38. The number of benzene rings is 1. The van der Waals surface area contributed by atoms with Crippen molar-refractivity contribution in [1.29, 1.82) is 0 Å². The Morgan fingerprint density at radius 1 is 1.20 bits per heavy atom. The van der Waals surface area contributed by atoms with Crippen LogP contribution in [-0.2, 0) is 14.0 Å². The van der Waals surface area contributed by atoms with Crippen molar-refractivity contribution in [2.45, 2.75) is 19.4 Å². The molecule has 0 unspecified atom stereocenters. The van der Waals surface area contributed by atoms with Crippen LogP contribution in [0.4, 0.5) is 5.69 Å². The minimum Gasteiger partial charge on any atom is -0.508 e. The highest BCUT2D eigenvalue weighted by molar-refractivity contribution is 6.62. The molecule has 2 aliphatic heterocycles. The van der Waals surface area contributed by atoms with Crippen molar-refractivity contribution < 1.29 is 19.2 Å². The molecule has 0 aliphatic carbocycles. The van der Waals surface area contributed by atoms with Gasteiger partial charge in [0.15, 0.2) is 0 Å². The predicted molar refractivity (Wildman–Crippen MR) is 77.6 cm³/mol. The van der Waals surface area contributed by atoms with Crippen LogP contribution in [0.3, 0.4) is 0 Å². The molecule has 0 spiro atoms. The molecule has 1 aromatic carbocycles. The summed E-state index contributed by atoms with van der Waals surface area (Å²) in [7, 11) is -0.406. The van der Waals surface area contributed by atoms with E-state index in [1.807, 2.05) is 19.9 Å². The van der Waals surface area contributed by atoms with Gasteiger partial charge in [0.1, 0.15) is 5.75 Å². The molecule has 0 bridgehead atoms. The normalized spacial score (nSPS) is 22.3. The van der Waals surface area contributed by atoms with Crippen LogP contribution in [0, 0.1) is 0 Å². The van der Waals surface area contributed by atoms with Gasteiger partial charge < -0.3 is 24.1 Å². The third kappa shape index (κ3) is 2.92. The van der Waals surface area contributed by atoms with Crippen LogP contribution in [0.15, 0.2) is 18.2 Å². The Morgan fingerprint density at radius 3 is 2.60 bits per heavy atom. The summed E-state index contributed by atoms with van der Waals surface area (Å²) < 4.78 is 16.9. The van der Waals surface area contributed by atoms with E-state index in [1.165, 1.54) is 0 Å². The number of phenols is 1. The van der Waals surface area contributed by atoms with Gasteiger partial charge >= 0.3 is 7.12 Å². The fourth-order valence-corrected chi connectivity index (χ4v) is 2.56. The first-order valence-corrected chi connectivity index (χ1v) is 7.00. The molecule has 0 radical (unpaired) electrons. The maximum Gasteiger partial charge on any atom is 0.494 e. The number of aromatic hydroxyl groups is 1. The summed E-state index contributed by atoms with van der Waals surface area (Å²) in [6.45, 7) is 7.65. The summed E-state index contributed by atoms with van der Waals surface area (Å²) in [6, 6.07) is 5.50. The van der Waals surface area contributed by atoms with Crippen molar-refractivity contribution in [3.05, 3.63) is 18.2 Å². The number of hydrogen-bond donors (Lipinski definition) is 1. The maximum absolute atomic E-state index is 9.95. The van der Waals surface area contributed by atoms with Crippen molar-refractivity contribution in [3.8, 4) is 5.75 Å². The zero-order valence-electron chi connectivity index (χ0n) is 12.0. The Morgan fingerprint density at radius 2 is 1.95 bits per heavy atom. The number of anilines is 1. The summed E-state index contributed by atoms with van der Waals surface area (Å²) in [5, 5.41) is 9.95. The molecule has 3 rings (SSSR count). The lowest BCUT2D eigenvalue weighted by molar-refractivity contribution is 0.122. The molecular weight excluding hydrogens is 257 g/mol. The second-order valence-corrected chi connectivity index (χ2v) is 5.90. The minimum atomic E-state index is -0.406. The summed E-state index contributed by atoms with van der Waals surface area (Å²) in [4.78, 5) is 2.20. The van der Waals surface area contributed by atoms with E-state index < -0.39 is 7.12 Å². The Kier molecular flexibility index (Phi) is 3.62. The molecule has 5 nitrogen and oxygen atoms in total. The van der Waals surface area contributed by atoms with Gasteiger partial charge in [-0.05, 0) is 31.4 Å². The number of morpholine rings is 1. The molecule has 1 aromatic rings. The van der Waals surface area contributed by atoms with Gasteiger partial charge in [0, 0.05) is 24.8 Å². The van der Waals surface area contributed by atoms with Crippen molar-refractivity contribution >= 4 is 18.3 Å². The average molecular weight is 277 g/mol. The van der Waals surface area contributed by atoms with Gasteiger partial charge in [0.25, 0.3) is 0 Å². The Balaban J connectivity index is 1.83. The van der Waals surface area contributed by atoms with Gasteiger partial charge in [-0.3, -0.25) is 0 Å². The van der Waals surface area contributed by atoms with Crippen LogP contribution in [-0.4, -0.2) is 50.7 Å². The van der Waals surface area contributed by atoms with Gasteiger partial charge in [-0.1, -0.05) is 0 Å². The number of rotatable bonds is 2. The fraction of sp³-hybridized carbons (Fsp3) is 0.571. The molecular formula is C14H20BNO4. The van der Waals surface area contributed by atoms with E-state index in [-0.39, 0.29) is 11.4 Å². The average Bonchev–Trinajstić information content (AvgIpc) is 2.79. The molecule has 20 heavy (non-hydrogen) atoms. The molecule has 0 aromatic heterocycles. The van der Waals surface area contributed by atoms with E-state index in [2.05, 4.69) is 4.90 Å². The molecule has 0 amide bonds. The van der Waals surface area contributed by atoms with E-state index in [9.17, 15) is 5.11 Å². The maximum atomic E-state index is 9.95. The smallest absolute Gasteiger partial charge is 0.494 e. The van der Waals surface area contributed by atoms with E-state index in [0.29, 0.717) is 19.8 Å².